The van der Waals surface area contributed by atoms with Crippen molar-refractivity contribution in [1.82, 2.24) is 5.43 Å². The first-order chi connectivity index (χ1) is 10.2. The number of nitrogens with two attached hydrogens (primary N) is 1. The average Bonchev–Trinajstić information content (AvgIpc) is 3.29. The zero-order chi connectivity index (χ0) is 14.8. The van der Waals surface area contributed by atoms with Gasteiger partial charge in [-0.15, -0.1) is 0 Å². The molecule has 2 aromatic carbocycles. The van der Waals surface area contributed by atoms with Gasteiger partial charge in [0.05, 0.1) is 0 Å². The van der Waals surface area contributed by atoms with Gasteiger partial charge in [0, 0.05) is 6.04 Å². The van der Waals surface area contributed by atoms with E-state index in [2.05, 4.69) is 29.7 Å². The summed E-state index contributed by atoms with van der Waals surface area (Å²) in [6, 6.07) is 15.7. The molecule has 0 radical (unpaired) electrons. The second-order valence-electron chi connectivity index (χ2n) is 5.96. The van der Waals surface area contributed by atoms with Crippen LogP contribution in [0.5, 0.6) is 0 Å². The Labute approximate surface area is 125 Å². The van der Waals surface area contributed by atoms with E-state index < -0.39 is 0 Å². The van der Waals surface area contributed by atoms with E-state index in [1.807, 2.05) is 19.1 Å². The van der Waals surface area contributed by atoms with Crippen molar-refractivity contribution in [1.29, 1.82) is 0 Å². The average molecular weight is 284 g/mol. The molecule has 0 amide bonds. The van der Waals surface area contributed by atoms with Gasteiger partial charge in [0.15, 0.2) is 0 Å². The maximum Gasteiger partial charge on any atom is 0.123 e. The highest BCUT2D eigenvalue weighted by molar-refractivity contribution is 5.30. The van der Waals surface area contributed by atoms with Crippen molar-refractivity contribution < 1.29 is 4.39 Å². The number of hydrogen-bond donors (Lipinski definition) is 2. The summed E-state index contributed by atoms with van der Waals surface area (Å²) in [7, 11) is 0. The van der Waals surface area contributed by atoms with Gasteiger partial charge in [0.25, 0.3) is 0 Å². The number of rotatable bonds is 5. The molecule has 0 aromatic heterocycles. The summed E-state index contributed by atoms with van der Waals surface area (Å²) < 4.78 is 13.4. The lowest BCUT2D eigenvalue weighted by Crippen LogP contribution is -2.39. The number of hydrogen-bond acceptors (Lipinski definition) is 2. The van der Waals surface area contributed by atoms with Crippen LogP contribution in [0.4, 0.5) is 4.39 Å². The number of halogens is 1. The minimum absolute atomic E-state index is 0.179. The van der Waals surface area contributed by atoms with Gasteiger partial charge < -0.3 is 0 Å². The molecule has 0 saturated heterocycles. The lowest BCUT2D eigenvalue weighted by Gasteiger charge is -2.17. The van der Waals surface area contributed by atoms with Crippen LogP contribution in [0.15, 0.2) is 48.5 Å². The lowest BCUT2D eigenvalue weighted by atomic mass is 9.96. The molecule has 21 heavy (non-hydrogen) atoms. The van der Waals surface area contributed by atoms with Gasteiger partial charge in [0.1, 0.15) is 5.82 Å². The van der Waals surface area contributed by atoms with Crippen molar-refractivity contribution in [2.24, 2.45) is 11.8 Å². The third-order valence-electron chi connectivity index (χ3n) is 4.55. The summed E-state index contributed by atoms with van der Waals surface area (Å²) in [5.41, 5.74) is 6.47. The van der Waals surface area contributed by atoms with Crippen molar-refractivity contribution in [2.75, 3.05) is 0 Å². The minimum Gasteiger partial charge on any atom is -0.271 e. The molecule has 0 bridgehead atoms. The van der Waals surface area contributed by atoms with Crippen LogP contribution < -0.4 is 11.3 Å². The second-order valence-corrected chi connectivity index (χ2v) is 5.96. The van der Waals surface area contributed by atoms with Gasteiger partial charge in [-0.05, 0) is 60.4 Å². The van der Waals surface area contributed by atoms with Gasteiger partial charge in [-0.1, -0.05) is 36.4 Å². The molecular weight excluding hydrogens is 263 g/mol. The van der Waals surface area contributed by atoms with Crippen LogP contribution in [-0.4, -0.2) is 6.04 Å². The fourth-order valence-electron chi connectivity index (χ4n) is 3.17. The van der Waals surface area contributed by atoms with Gasteiger partial charge in [0.2, 0.25) is 0 Å². The molecule has 1 aliphatic carbocycles. The highest BCUT2D eigenvalue weighted by atomic mass is 19.1. The molecule has 0 spiro atoms. The molecule has 2 nitrogen and oxygen atoms in total. The maximum atomic E-state index is 13.4. The highest BCUT2D eigenvalue weighted by Gasteiger charge is 2.43. The largest absolute Gasteiger partial charge is 0.271 e. The first-order valence-corrected chi connectivity index (χ1v) is 7.45. The summed E-state index contributed by atoms with van der Waals surface area (Å²) in [6.07, 6.45) is 1.92. The van der Waals surface area contributed by atoms with E-state index in [1.165, 1.54) is 11.6 Å². The first kappa shape index (κ1) is 14.2. The Kier molecular flexibility index (Phi) is 4.04. The molecule has 2 aromatic rings. The Morgan fingerprint density at radius 1 is 1.24 bits per heavy atom. The zero-order valence-corrected chi connectivity index (χ0v) is 12.2. The van der Waals surface area contributed by atoms with Gasteiger partial charge in [-0.25, -0.2) is 4.39 Å². The molecule has 1 fully saturated rings. The standard InChI is InChI=1S/C18H21FN2/c1-12-7-8-15(19)9-14(12)10-18(21-20)17-11-16(17)13-5-3-2-4-6-13/h2-9,16-18,21H,10-11,20H2,1H3. The quantitative estimate of drug-likeness (QED) is 0.653. The molecule has 110 valence electrons. The van der Waals surface area contributed by atoms with Gasteiger partial charge >= 0.3 is 0 Å². The Morgan fingerprint density at radius 3 is 2.71 bits per heavy atom. The van der Waals surface area contributed by atoms with Crippen LogP contribution in [0.2, 0.25) is 0 Å². The Balaban J connectivity index is 1.71. The predicted molar refractivity (Wildman–Crippen MR) is 83.2 cm³/mol. The zero-order valence-electron chi connectivity index (χ0n) is 12.2. The molecule has 3 unspecified atom stereocenters. The van der Waals surface area contributed by atoms with Crippen LogP contribution >= 0.6 is 0 Å². The van der Waals surface area contributed by atoms with Gasteiger partial charge in [-0.3, -0.25) is 11.3 Å². The Hall–Kier alpha value is -1.71. The molecule has 0 aliphatic heterocycles. The van der Waals surface area contributed by atoms with Gasteiger partial charge in [-0.2, -0.15) is 0 Å². The number of aryl methyl sites for hydroxylation is 1. The lowest BCUT2D eigenvalue weighted by molar-refractivity contribution is 0.462. The second kappa shape index (κ2) is 5.96. The molecule has 1 saturated carbocycles. The summed E-state index contributed by atoms with van der Waals surface area (Å²) >= 11 is 0. The minimum atomic E-state index is -0.179. The Bertz CT molecular complexity index is 612. The molecule has 3 rings (SSSR count). The number of benzene rings is 2. The topological polar surface area (TPSA) is 38.0 Å². The molecule has 3 atom stereocenters. The third-order valence-corrected chi connectivity index (χ3v) is 4.55. The van der Waals surface area contributed by atoms with E-state index in [-0.39, 0.29) is 11.9 Å². The fraction of sp³-hybridized carbons (Fsp3) is 0.333. The van der Waals surface area contributed by atoms with Crippen molar-refractivity contribution in [3.63, 3.8) is 0 Å². The van der Waals surface area contributed by atoms with E-state index in [1.54, 1.807) is 6.07 Å². The summed E-state index contributed by atoms with van der Waals surface area (Å²) in [4.78, 5) is 0. The van der Waals surface area contributed by atoms with Crippen LogP contribution in [0.3, 0.4) is 0 Å². The van der Waals surface area contributed by atoms with E-state index in [4.69, 9.17) is 5.84 Å². The van der Waals surface area contributed by atoms with E-state index in [0.717, 1.165) is 24.0 Å². The Morgan fingerprint density at radius 2 is 2.00 bits per heavy atom. The SMILES string of the molecule is Cc1ccc(F)cc1CC(NN)C1CC1c1ccccc1. The fourth-order valence-corrected chi connectivity index (χ4v) is 3.17. The van der Waals surface area contributed by atoms with Crippen molar-refractivity contribution >= 4 is 0 Å². The normalized spacial score (nSPS) is 22.0. The maximum absolute atomic E-state index is 13.4. The predicted octanol–water partition coefficient (Wildman–Crippen LogP) is 3.31. The van der Waals surface area contributed by atoms with Crippen molar-refractivity contribution in [3.05, 3.63) is 71.0 Å². The van der Waals surface area contributed by atoms with Crippen LogP contribution in [-0.2, 0) is 6.42 Å². The van der Waals surface area contributed by atoms with E-state index >= 15 is 0 Å². The van der Waals surface area contributed by atoms with Crippen LogP contribution in [0.1, 0.15) is 29.0 Å². The van der Waals surface area contributed by atoms with Crippen molar-refractivity contribution in [2.45, 2.75) is 31.7 Å². The monoisotopic (exact) mass is 284 g/mol. The van der Waals surface area contributed by atoms with Crippen LogP contribution in [0.25, 0.3) is 0 Å². The smallest absolute Gasteiger partial charge is 0.123 e. The van der Waals surface area contributed by atoms with Crippen molar-refractivity contribution in [3.8, 4) is 0 Å². The molecule has 3 N–H and O–H groups in total. The van der Waals surface area contributed by atoms with E-state index in [0.29, 0.717) is 11.8 Å². The van der Waals surface area contributed by atoms with E-state index in [9.17, 15) is 4.39 Å². The van der Waals surface area contributed by atoms with Crippen LogP contribution in [0, 0.1) is 18.7 Å². The summed E-state index contributed by atoms with van der Waals surface area (Å²) in [5.74, 6) is 6.67. The first-order valence-electron chi connectivity index (χ1n) is 7.45. The molecule has 1 aliphatic rings. The summed E-state index contributed by atoms with van der Waals surface area (Å²) in [6.45, 7) is 2.02. The third kappa shape index (κ3) is 3.14. The number of hydrazine groups is 1. The number of nitrogens with one attached hydrogen (secondary N) is 1. The summed E-state index contributed by atoms with van der Waals surface area (Å²) in [5, 5.41) is 0. The molecule has 3 heteroatoms. The molecule has 0 heterocycles. The highest BCUT2D eigenvalue weighted by Crippen LogP contribution is 2.49. The molecular formula is C18H21FN2.